The van der Waals surface area contributed by atoms with Crippen molar-refractivity contribution in [3.8, 4) is 0 Å². The van der Waals surface area contributed by atoms with Crippen LogP contribution < -0.4 is 10.6 Å². The lowest BCUT2D eigenvalue weighted by Gasteiger charge is -2.14. The van der Waals surface area contributed by atoms with E-state index in [9.17, 15) is 9.59 Å². The molecule has 1 atom stereocenters. The molecule has 0 fully saturated rings. The number of rotatable bonds is 4. The number of carbonyl (C=O) groups excluding carboxylic acids is 1. The fourth-order valence-corrected chi connectivity index (χ4v) is 2.24. The summed E-state index contributed by atoms with van der Waals surface area (Å²) in [4.78, 5) is 26.7. The third kappa shape index (κ3) is 4.51. The van der Waals surface area contributed by atoms with Crippen molar-refractivity contribution in [1.82, 2.24) is 10.3 Å². The number of nitrogens with zero attached hydrogens (tertiary/aromatic N) is 1. The van der Waals surface area contributed by atoms with Crippen molar-refractivity contribution in [2.75, 3.05) is 5.32 Å². The minimum Gasteiger partial charge on any atom is -0.480 e. The second kappa shape index (κ2) is 6.01. The molecule has 0 spiro atoms. The van der Waals surface area contributed by atoms with Crippen molar-refractivity contribution < 1.29 is 14.7 Å². The first-order valence-corrected chi connectivity index (χ1v) is 6.88. The minimum absolute atomic E-state index is 0.0834. The fraction of sp³-hybridized carbons (Fsp3) is 0.583. The lowest BCUT2D eigenvalue weighted by atomic mass is 9.93. The normalized spacial score (nSPS) is 12.8. The number of nitrogens with one attached hydrogen (secondary N) is 2. The summed E-state index contributed by atoms with van der Waals surface area (Å²) in [5.74, 6) is -1.05. The Bertz CT molecular complexity index is 465. The van der Waals surface area contributed by atoms with E-state index in [1.54, 1.807) is 6.92 Å². The van der Waals surface area contributed by atoms with Gasteiger partial charge >= 0.3 is 12.0 Å². The van der Waals surface area contributed by atoms with Crippen LogP contribution in [0, 0.1) is 0 Å². The highest BCUT2D eigenvalue weighted by Crippen LogP contribution is 2.26. The van der Waals surface area contributed by atoms with E-state index < -0.39 is 18.0 Å². The molecule has 0 aliphatic carbocycles. The molecule has 1 heterocycles. The first-order valence-electron chi connectivity index (χ1n) is 6.00. The molecule has 7 heteroatoms. The van der Waals surface area contributed by atoms with Crippen molar-refractivity contribution in [1.29, 1.82) is 0 Å². The highest BCUT2D eigenvalue weighted by atomic mass is 32.1. The van der Waals surface area contributed by atoms with E-state index >= 15 is 0 Å². The summed E-state index contributed by atoms with van der Waals surface area (Å²) in [5, 5.41) is 16.1. The molecule has 1 unspecified atom stereocenters. The third-order valence-corrected chi connectivity index (χ3v) is 3.26. The summed E-state index contributed by atoms with van der Waals surface area (Å²) in [6, 6.07) is -1.44. The summed E-state index contributed by atoms with van der Waals surface area (Å²) < 4.78 is 0. The zero-order valence-electron chi connectivity index (χ0n) is 11.5. The van der Waals surface area contributed by atoms with Gasteiger partial charge in [-0.1, -0.05) is 27.7 Å². The monoisotopic (exact) mass is 285 g/mol. The van der Waals surface area contributed by atoms with E-state index in [0.717, 1.165) is 5.69 Å². The molecule has 0 saturated heterocycles. The SMILES string of the molecule is CCC(NC(=O)Nc1nc(C(C)(C)C)cs1)C(=O)O. The van der Waals surface area contributed by atoms with Crippen LogP contribution in [0.15, 0.2) is 5.38 Å². The summed E-state index contributed by atoms with van der Waals surface area (Å²) in [5.41, 5.74) is 0.804. The van der Waals surface area contributed by atoms with Crippen molar-refractivity contribution in [3.63, 3.8) is 0 Å². The van der Waals surface area contributed by atoms with Crippen LogP contribution in [-0.2, 0) is 10.2 Å². The van der Waals surface area contributed by atoms with E-state index in [0.29, 0.717) is 11.6 Å². The van der Waals surface area contributed by atoms with Gasteiger partial charge in [0.25, 0.3) is 0 Å². The van der Waals surface area contributed by atoms with Gasteiger partial charge in [0.1, 0.15) is 6.04 Å². The molecule has 0 saturated carbocycles. The maximum absolute atomic E-state index is 11.6. The number of amides is 2. The van der Waals surface area contributed by atoms with Crippen LogP contribution >= 0.6 is 11.3 Å². The highest BCUT2D eigenvalue weighted by Gasteiger charge is 2.20. The molecule has 0 radical (unpaired) electrons. The molecule has 1 aromatic heterocycles. The molecule has 0 aliphatic heterocycles. The third-order valence-electron chi connectivity index (χ3n) is 2.50. The molecule has 0 aromatic carbocycles. The minimum atomic E-state index is -1.05. The Morgan fingerprint density at radius 3 is 2.53 bits per heavy atom. The average molecular weight is 285 g/mol. The maximum Gasteiger partial charge on any atom is 0.326 e. The van der Waals surface area contributed by atoms with Crippen LogP contribution in [0.25, 0.3) is 0 Å². The van der Waals surface area contributed by atoms with Gasteiger partial charge in [0.15, 0.2) is 5.13 Å². The predicted molar refractivity (Wildman–Crippen MR) is 74.7 cm³/mol. The van der Waals surface area contributed by atoms with Crippen molar-refractivity contribution in [3.05, 3.63) is 11.1 Å². The van der Waals surface area contributed by atoms with E-state index in [4.69, 9.17) is 5.11 Å². The fourth-order valence-electron chi connectivity index (χ4n) is 1.31. The first kappa shape index (κ1) is 15.4. The molecule has 0 bridgehead atoms. The van der Waals surface area contributed by atoms with Gasteiger partial charge in [-0.15, -0.1) is 11.3 Å². The molecule has 19 heavy (non-hydrogen) atoms. The second-order valence-electron chi connectivity index (χ2n) is 5.19. The van der Waals surface area contributed by atoms with Gasteiger partial charge in [-0.05, 0) is 6.42 Å². The number of carbonyl (C=O) groups is 2. The number of carboxylic acids is 1. The zero-order chi connectivity index (χ0) is 14.6. The highest BCUT2D eigenvalue weighted by molar-refractivity contribution is 7.13. The number of urea groups is 1. The van der Waals surface area contributed by atoms with E-state index in [-0.39, 0.29) is 5.41 Å². The van der Waals surface area contributed by atoms with E-state index in [1.165, 1.54) is 11.3 Å². The number of hydrogen-bond acceptors (Lipinski definition) is 4. The summed E-state index contributed by atoms with van der Waals surface area (Å²) in [7, 11) is 0. The van der Waals surface area contributed by atoms with Gasteiger partial charge in [0, 0.05) is 10.8 Å². The summed E-state index contributed by atoms with van der Waals surface area (Å²) >= 11 is 1.32. The van der Waals surface area contributed by atoms with Gasteiger partial charge in [-0.2, -0.15) is 0 Å². The van der Waals surface area contributed by atoms with Crippen LogP contribution in [0.5, 0.6) is 0 Å². The Hall–Kier alpha value is -1.63. The predicted octanol–water partition coefficient (Wildman–Crippen LogP) is 2.43. The van der Waals surface area contributed by atoms with Crippen molar-refractivity contribution >= 4 is 28.5 Å². The van der Waals surface area contributed by atoms with Crippen LogP contribution in [-0.4, -0.2) is 28.1 Å². The van der Waals surface area contributed by atoms with Gasteiger partial charge in [0.2, 0.25) is 0 Å². The lowest BCUT2D eigenvalue weighted by Crippen LogP contribution is -2.42. The molecular weight excluding hydrogens is 266 g/mol. The van der Waals surface area contributed by atoms with Crippen LogP contribution in [0.3, 0.4) is 0 Å². The number of anilines is 1. The Morgan fingerprint density at radius 2 is 2.11 bits per heavy atom. The van der Waals surface area contributed by atoms with Crippen LogP contribution in [0.4, 0.5) is 9.93 Å². The van der Waals surface area contributed by atoms with Gasteiger partial charge in [-0.3, -0.25) is 5.32 Å². The Morgan fingerprint density at radius 1 is 1.47 bits per heavy atom. The Labute approximate surface area is 116 Å². The maximum atomic E-state index is 11.6. The van der Waals surface area contributed by atoms with Crippen molar-refractivity contribution in [2.45, 2.75) is 45.6 Å². The van der Waals surface area contributed by atoms with E-state index in [1.807, 2.05) is 26.2 Å². The Kier molecular flexibility index (Phi) is 4.88. The zero-order valence-corrected chi connectivity index (χ0v) is 12.3. The lowest BCUT2D eigenvalue weighted by molar-refractivity contribution is -0.139. The van der Waals surface area contributed by atoms with Crippen LogP contribution in [0.2, 0.25) is 0 Å². The number of carboxylic acid groups (broad SMARTS) is 1. The Balaban J connectivity index is 2.62. The molecule has 6 nitrogen and oxygen atoms in total. The van der Waals surface area contributed by atoms with Crippen molar-refractivity contribution in [2.24, 2.45) is 0 Å². The first-order chi connectivity index (χ1) is 8.74. The smallest absolute Gasteiger partial charge is 0.326 e. The van der Waals surface area contributed by atoms with Gasteiger partial charge < -0.3 is 10.4 Å². The van der Waals surface area contributed by atoms with Gasteiger partial charge in [0.05, 0.1) is 5.69 Å². The van der Waals surface area contributed by atoms with Crippen LogP contribution in [0.1, 0.15) is 39.8 Å². The molecular formula is C12H19N3O3S. The number of aromatic nitrogens is 1. The molecule has 106 valence electrons. The summed E-state index contributed by atoms with van der Waals surface area (Å²) in [6.45, 7) is 7.79. The standard InChI is InChI=1S/C12H19N3O3S/c1-5-7(9(16)17)13-10(18)15-11-14-8(6-19-11)12(2,3)4/h6-7H,5H2,1-4H3,(H,16,17)(H2,13,14,15,18). The number of thiazole rings is 1. The largest absolute Gasteiger partial charge is 0.480 e. The number of hydrogen-bond donors (Lipinski definition) is 3. The molecule has 2 amide bonds. The molecule has 1 aromatic rings. The molecule has 1 rings (SSSR count). The molecule has 0 aliphatic rings. The quantitative estimate of drug-likeness (QED) is 0.792. The number of aliphatic carboxylic acids is 1. The topological polar surface area (TPSA) is 91.3 Å². The van der Waals surface area contributed by atoms with Gasteiger partial charge in [-0.25, -0.2) is 14.6 Å². The summed E-state index contributed by atoms with van der Waals surface area (Å²) in [6.07, 6.45) is 0.327. The molecule has 3 N–H and O–H groups in total. The average Bonchev–Trinajstić information content (AvgIpc) is 2.73. The second-order valence-corrected chi connectivity index (χ2v) is 6.04. The van der Waals surface area contributed by atoms with E-state index in [2.05, 4.69) is 15.6 Å².